The van der Waals surface area contributed by atoms with E-state index in [9.17, 15) is 0 Å². The molecule has 0 radical (unpaired) electrons. The molecule has 0 bridgehead atoms. The van der Waals surface area contributed by atoms with Gasteiger partial charge in [0.1, 0.15) is 0 Å². The number of nitrogen functional groups attached to an aromatic ring is 1. The largest absolute Gasteiger partial charge is 0.399 e. The van der Waals surface area contributed by atoms with Gasteiger partial charge >= 0.3 is 0 Å². The van der Waals surface area contributed by atoms with E-state index < -0.39 is 0 Å². The van der Waals surface area contributed by atoms with Crippen molar-refractivity contribution >= 4 is 5.69 Å². The number of rotatable bonds is 9. The Hall–Kier alpha value is -1.06. The summed E-state index contributed by atoms with van der Waals surface area (Å²) in [5.74, 6) is 0. The van der Waals surface area contributed by atoms with Crippen LogP contribution >= 0.6 is 0 Å². The Bertz CT molecular complexity index is 354. The number of hydrogen-bond donors (Lipinski definition) is 1. The lowest BCUT2D eigenvalue weighted by Gasteiger charge is -2.28. The minimum atomic E-state index is 0.621. The molecular weight excluding hydrogens is 236 g/mol. The average molecular weight is 264 g/mol. The Kier molecular flexibility index (Phi) is 7.53. The normalized spacial score (nSPS) is 12.8. The molecule has 3 nitrogen and oxygen atoms in total. The van der Waals surface area contributed by atoms with Crippen molar-refractivity contribution in [1.29, 1.82) is 0 Å². The zero-order valence-corrected chi connectivity index (χ0v) is 12.6. The van der Waals surface area contributed by atoms with Crippen LogP contribution in [-0.2, 0) is 11.2 Å². The first-order chi connectivity index (χ1) is 9.17. The molecule has 1 rings (SSSR count). The van der Waals surface area contributed by atoms with Crippen LogP contribution in [0, 0.1) is 0 Å². The lowest BCUT2D eigenvalue weighted by Crippen LogP contribution is -2.36. The Morgan fingerprint density at radius 3 is 2.74 bits per heavy atom. The zero-order valence-electron chi connectivity index (χ0n) is 12.6. The minimum Gasteiger partial charge on any atom is -0.399 e. The molecule has 108 valence electrons. The Labute approximate surface area is 117 Å². The molecule has 0 aromatic heterocycles. The molecule has 0 saturated heterocycles. The molecule has 1 aromatic rings. The van der Waals surface area contributed by atoms with Gasteiger partial charge in [-0.2, -0.15) is 0 Å². The van der Waals surface area contributed by atoms with Crippen LogP contribution in [0.4, 0.5) is 5.69 Å². The van der Waals surface area contributed by atoms with E-state index in [0.717, 1.165) is 38.2 Å². The summed E-state index contributed by atoms with van der Waals surface area (Å²) in [6, 6.07) is 8.81. The van der Waals surface area contributed by atoms with Crippen molar-refractivity contribution in [1.82, 2.24) is 4.90 Å². The maximum Gasteiger partial charge on any atom is 0.0589 e. The lowest BCUT2D eigenvalue weighted by molar-refractivity contribution is 0.122. The van der Waals surface area contributed by atoms with Gasteiger partial charge < -0.3 is 10.5 Å². The van der Waals surface area contributed by atoms with Crippen LogP contribution in [0.15, 0.2) is 24.3 Å². The fourth-order valence-electron chi connectivity index (χ4n) is 2.25. The molecule has 0 heterocycles. The van der Waals surface area contributed by atoms with Gasteiger partial charge in [-0.15, -0.1) is 0 Å². The minimum absolute atomic E-state index is 0.621. The Morgan fingerprint density at radius 2 is 2.11 bits per heavy atom. The van der Waals surface area contributed by atoms with Crippen molar-refractivity contribution in [2.24, 2.45) is 0 Å². The molecule has 0 fully saturated rings. The number of anilines is 1. The number of nitrogens with zero attached hydrogens (tertiary/aromatic N) is 1. The van der Waals surface area contributed by atoms with Crippen molar-refractivity contribution in [2.45, 2.75) is 39.2 Å². The highest BCUT2D eigenvalue weighted by atomic mass is 16.5. The quantitative estimate of drug-likeness (QED) is 0.697. The first-order valence-electron chi connectivity index (χ1n) is 7.24. The van der Waals surface area contributed by atoms with E-state index in [4.69, 9.17) is 10.5 Å². The summed E-state index contributed by atoms with van der Waals surface area (Å²) < 4.78 is 5.19. The van der Waals surface area contributed by atoms with E-state index >= 15 is 0 Å². The smallest absolute Gasteiger partial charge is 0.0589 e. The average Bonchev–Trinajstić information content (AvgIpc) is 2.42. The number of nitrogens with two attached hydrogens (primary N) is 1. The molecule has 0 aliphatic carbocycles. The van der Waals surface area contributed by atoms with Gasteiger partial charge in [0, 0.05) is 25.4 Å². The second-order valence-electron chi connectivity index (χ2n) is 5.13. The molecule has 0 spiro atoms. The third kappa shape index (κ3) is 6.08. The van der Waals surface area contributed by atoms with Crippen molar-refractivity contribution in [2.75, 3.05) is 32.5 Å². The number of benzene rings is 1. The van der Waals surface area contributed by atoms with E-state index in [1.807, 2.05) is 12.1 Å². The summed E-state index contributed by atoms with van der Waals surface area (Å²) in [5.41, 5.74) is 7.99. The molecule has 1 atom stereocenters. The van der Waals surface area contributed by atoms with Crippen molar-refractivity contribution in [3.05, 3.63) is 29.8 Å². The van der Waals surface area contributed by atoms with Gasteiger partial charge in [-0.05, 0) is 50.4 Å². The summed E-state index contributed by atoms with van der Waals surface area (Å²) in [6.45, 7) is 7.47. The standard InChI is InChI=1S/C16H28N2O/c1-4-14(2)18(11-12-19-3)10-6-8-15-7-5-9-16(17)13-15/h5,7,9,13-14H,4,6,8,10-12,17H2,1-3H3. The van der Waals surface area contributed by atoms with Gasteiger partial charge in [-0.25, -0.2) is 0 Å². The van der Waals surface area contributed by atoms with Gasteiger partial charge in [0.25, 0.3) is 0 Å². The monoisotopic (exact) mass is 264 g/mol. The summed E-state index contributed by atoms with van der Waals surface area (Å²) in [7, 11) is 1.77. The van der Waals surface area contributed by atoms with Crippen LogP contribution < -0.4 is 5.73 Å². The number of ether oxygens (including phenoxy) is 1. The summed E-state index contributed by atoms with van der Waals surface area (Å²) in [5, 5.41) is 0. The van der Waals surface area contributed by atoms with E-state index in [1.165, 1.54) is 12.0 Å². The van der Waals surface area contributed by atoms with Gasteiger partial charge in [-0.1, -0.05) is 19.1 Å². The van der Waals surface area contributed by atoms with Gasteiger partial charge in [0.15, 0.2) is 0 Å². The van der Waals surface area contributed by atoms with Gasteiger partial charge in [-0.3, -0.25) is 4.90 Å². The molecule has 0 amide bonds. The highest BCUT2D eigenvalue weighted by molar-refractivity contribution is 5.40. The third-order valence-corrected chi connectivity index (χ3v) is 3.66. The SMILES string of the molecule is CCC(C)N(CCCc1cccc(N)c1)CCOC. The zero-order chi connectivity index (χ0) is 14.1. The van der Waals surface area contributed by atoms with E-state index in [2.05, 4.69) is 30.9 Å². The Balaban J connectivity index is 2.38. The lowest BCUT2D eigenvalue weighted by atomic mass is 10.1. The molecule has 0 aliphatic heterocycles. The summed E-state index contributed by atoms with van der Waals surface area (Å²) >= 11 is 0. The molecular formula is C16H28N2O. The second kappa shape index (κ2) is 8.94. The maximum atomic E-state index is 5.80. The summed E-state index contributed by atoms with van der Waals surface area (Å²) in [6.07, 6.45) is 3.43. The van der Waals surface area contributed by atoms with Crippen LogP contribution in [-0.4, -0.2) is 37.7 Å². The molecule has 3 heteroatoms. The first kappa shape index (κ1) is 16.0. The van der Waals surface area contributed by atoms with Gasteiger partial charge in [0.05, 0.1) is 6.61 Å². The Morgan fingerprint density at radius 1 is 1.32 bits per heavy atom. The van der Waals surface area contributed by atoms with Crippen LogP contribution in [0.1, 0.15) is 32.3 Å². The maximum absolute atomic E-state index is 5.80. The van der Waals surface area contributed by atoms with Gasteiger partial charge in [0.2, 0.25) is 0 Å². The number of methoxy groups -OCH3 is 1. The predicted molar refractivity (Wildman–Crippen MR) is 82.4 cm³/mol. The molecule has 2 N–H and O–H groups in total. The highest BCUT2D eigenvalue weighted by Gasteiger charge is 2.11. The van der Waals surface area contributed by atoms with E-state index in [0.29, 0.717) is 6.04 Å². The first-order valence-corrected chi connectivity index (χ1v) is 7.24. The summed E-state index contributed by atoms with van der Waals surface area (Å²) in [4.78, 5) is 2.51. The van der Waals surface area contributed by atoms with Crippen LogP contribution in [0.25, 0.3) is 0 Å². The predicted octanol–water partition coefficient (Wildman–Crippen LogP) is 2.95. The van der Waals surface area contributed by atoms with Crippen molar-refractivity contribution in [3.63, 3.8) is 0 Å². The fourth-order valence-corrected chi connectivity index (χ4v) is 2.25. The highest BCUT2D eigenvalue weighted by Crippen LogP contribution is 2.10. The van der Waals surface area contributed by atoms with E-state index in [-0.39, 0.29) is 0 Å². The molecule has 1 unspecified atom stereocenters. The fraction of sp³-hybridized carbons (Fsp3) is 0.625. The van der Waals surface area contributed by atoms with Crippen molar-refractivity contribution < 1.29 is 4.74 Å². The molecule has 1 aromatic carbocycles. The van der Waals surface area contributed by atoms with Crippen molar-refractivity contribution in [3.8, 4) is 0 Å². The van der Waals surface area contributed by atoms with Crippen LogP contribution in [0.5, 0.6) is 0 Å². The molecule has 19 heavy (non-hydrogen) atoms. The molecule has 0 aliphatic rings. The number of aryl methyl sites for hydroxylation is 1. The topological polar surface area (TPSA) is 38.5 Å². The van der Waals surface area contributed by atoms with E-state index in [1.54, 1.807) is 7.11 Å². The van der Waals surface area contributed by atoms with Crippen LogP contribution in [0.3, 0.4) is 0 Å². The van der Waals surface area contributed by atoms with Crippen LogP contribution in [0.2, 0.25) is 0 Å². The third-order valence-electron chi connectivity index (χ3n) is 3.66. The molecule has 0 saturated carbocycles. The number of hydrogen-bond acceptors (Lipinski definition) is 3. The second-order valence-corrected chi connectivity index (χ2v) is 5.13.